The third kappa shape index (κ3) is 5.37. The van der Waals surface area contributed by atoms with E-state index in [0.29, 0.717) is 29.2 Å². The fraction of sp³-hybridized carbons (Fsp3) is 0.391. The zero-order valence-corrected chi connectivity index (χ0v) is 18.0. The molecule has 29 heavy (non-hydrogen) atoms. The van der Waals surface area contributed by atoms with Crippen molar-refractivity contribution in [1.82, 2.24) is 15.1 Å². The van der Waals surface area contributed by atoms with Gasteiger partial charge in [0.05, 0.1) is 0 Å². The zero-order valence-electron chi connectivity index (χ0n) is 17.2. The Bertz CT molecular complexity index is 882. The highest BCUT2D eigenvalue weighted by molar-refractivity contribution is 6.30. The van der Waals surface area contributed by atoms with Gasteiger partial charge in [0, 0.05) is 41.8 Å². The summed E-state index contributed by atoms with van der Waals surface area (Å²) < 4.78 is 0. The molecule has 0 bridgehead atoms. The number of carbonyl (C=O) groups is 2. The number of nitrogens with one attached hydrogen (secondary N) is 1. The summed E-state index contributed by atoms with van der Waals surface area (Å²) >= 11 is 5.87. The van der Waals surface area contributed by atoms with Gasteiger partial charge in [-0.05, 0) is 74.5 Å². The molecule has 5 nitrogen and oxygen atoms in total. The third-order valence-electron chi connectivity index (χ3n) is 5.49. The van der Waals surface area contributed by atoms with E-state index < -0.39 is 0 Å². The van der Waals surface area contributed by atoms with Crippen LogP contribution in [0.2, 0.25) is 5.02 Å². The Morgan fingerprint density at radius 2 is 1.86 bits per heavy atom. The topological polar surface area (TPSA) is 52.7 Å². The van der Waals surface area contributed by atoms with Crippen LogP contribution in [0.25, 0.3) is 0 Å². The van der Waals surface area contributed by atoms with Crippen LogP contribution >= 0.6 is 11.6 Å². The van der Waals surface area contributed by atoms with Crippen LogP contribution in [0.1, 0.15) is 45.2 Å². The fourth-order valence-corrected chi connectivity index (χ4v) is 3.65. The van der Waals surface area contributed by atoms with Crippen LogP contribution in [-0.4, -0.2) is 54.3 Å². The van der Waals surface area contributed by atoms with Crippen molar-refractivity contribution in [2.24, 2.45) is 0 Å². The Hall–Kier alpha value is -2.37. The van der Waals surface area contributed by atoms with Gasteiger partial charge in [0.15, 0.2) is 0 Å². The Morgan fingerprint density at radius 1 is 1.17 bits per heavy atom. The van der Waals surface area contributed by atoms with Crippen molar-refractivity contribution in [1.29, 1.82) is 0 Å². The first-order valence-electron chi connectivity index (χ1n) is 10.0. The van der Waals surface area contributed by atoms with Gasteiger partial charge in [0.2, 0.25) is 0 Å². The monoisotopic (exact) mass is 413 g/mol. The maximum absolute atomic E-state index is 12.9. The average molecular weight is 414 g/mol. The number of nitrogens with zero attached hydrogens (tertiary/aromatic N) is 2. The highest BCUT2D eigenvalue weighted by Gasteiger charge is 2.28. The first kappa shape index (κ1) is 21.3. The number of hydrogen-bond acceptors (Lipinski definition) is 3. The minimum Gasteiger partial charge on any atom is -0.347 e. The highest BCUT2D eigenvalue weighted by Crippen LogP contribution is 2.18. The maximum atomic E-state index is 12.9. The largest absolute Gasteiger partial charge is 0.347 e. The molecule has 2 aromatic rings. The van der Waals surface area contributed by atoms with Crippen molar-refractivity contribution in [2.75, 3.05) is 26.7 Å². The number of likely N-dealkylation sites (tertiary alicyclic amines) is 1. The number of halogens is 1. The lowest BCUT2D eigenvalue weighted by atomic mass is 10.0. The van der Waals surface area contributed by atoms with E-state index in [1.165, 1.54) is 5.56 Å². The van der Waals surface area contributed by atoms with Gasteiger partial charge in [-0.1, -0.05) is 24.6 Å². The van der Waals surface area contributed by atoms with Gasteiger partial charge in [0.1, 0.15) is 0 Å². The number of hydrogen-bond donors (Lipinski definition) is 1. The summed E-state index contributed by atoms with van der Waals surface area (Å²) in [4.78, 5) is 29.4. The summed E-state index contributed by atoms with van der Waals surface area (Å²) in [6.07, 6.45) is 0.753. The second kappa shape index (κ2) is 9.42. The molecule has 1 heterocycles. The van der Waals surface area contributed by atoms with Gasteiger partial charge in [-0.15, -0.1) is 0 Å². The predicted molar refractivity (Wildman–Crippen MR) is 116 cm³/mol. The van der Waals surface area contributed by atoms with Crippen molar-refractivity contribution in [2.45, 2.75) is 32.9 Å². The van der Waals surface area contributed by atoms with Gasteiger partial charge in [-0.3, -0.25) is 9.59 Å². The molecule has 2 aromatic carbocycles. The first-order valence-corrected chi connectivity index (χ1v) is 10.4. The molecule has 1 aliphatic heterocycles. The molecule has 3 rings (SSSR count). The van der Waals surface area contributed by atoms with E-state index in [1.807, 2.05) is 23.1 Å². The molecule has 6 heteroatoms. The Kier molecular flexibility index (Phi) is 6.93. The smallest absolute Gasteiger partial charge is 0.253 e. The van der Waals surface area contributed by atoms with Gasteiger partial charge in [-0.2, -0.15) is 0 Å². The second-order valence-electron chi connectivity index (χ2n) is 7.69. The average Bonchev–Trinajstić information content (AvgIpc) is 3.17. The fourth-order valence-electron chi connectivity index (χ4n) is 3.52. The van der Waals surface area contributed by atoms with Crippen molar-refractivity contribution < 1.29 is 9.59 Å². The summed E-state index contributed by atoms with van der Waals surface area (Å²) in [7, 11) is 2.08. The summed E-state index contributed by atoms with van der Waals surface area (Å²) in [5.41, 5.74) is 3.64. The van der Waals surface area contributed by atoms with Gasteiger partial charge >= 0.3 is 0 Å². The molecule has 1 fully saturated rings. The molecule has 1 saturated heterocycles. The summed E-state index contributed by atoms with van der Waals surface area (Å²) in [6.45, 7) is 7.20. The number of aryl methyl sites for hydroxylation is 1. The van der Waals surface area contributed by atoms with E-state index >= 15 is 0 Å². The van der Waals surface area contributed by atoms with Crippen LogP contribution in [0, 0.1) is 6.92 Å². The molecule has 0 spiro atoms. The van der Waals surface area contributed by atoms with Gasteiger partial charge < -0.3 is 15.1 Å². The molecule has 0 aliphatic carbocycles. The lowest BCUT2D eigenvalue weighted by molar-refractivity contribution is 0.0783. The number of rotatable bonds is 6. The predicted octanol–water partition coefficient (Wildman–Crippen LogP) is 3.74. The van der Waals surface area contributed by atoms with Crippen molar-refractivity contribution in [3.63, 3.8) is 0 Å². The first-order chi connectivity index (χ1) is 13.9. The van der Waals surface area contributed by atoms with Crippen LogP contribution in [0.3, 0.4) is 0 Å². The molecule has 0 unspecified atom stereocenters. The van der Waals surface area contributed by atoms with Crippen molar-refractivity contribution >= 4 is 23.4 Å². The van der Waals surface area contributed by atoms with Crippen molar-refractivity contribution in [3.8, 4) is 0 Å². The number of carbonyl (C=O) groups excluding carboxylic acids is 2. The van der Waals surface area contributed by atoms with E-state index in [9.17, 15) is 9.59 Å². The lowest BCUT2D eigenvalue weighted by Gasteiger charge is -2.19. The molecule has 1 atom stereocenters. The lowest BCUT2D eigenvalue weighted by Crippen LogP contribution is -2.38. The highest BCUT2D eigenvalue weighted by atomic mass is 35.5. The Balaban J connectivity index is 1.59. The van der Waals surface area contributed by atoms with E-state index in [-0.39, 0.29) is 17.9 Å². The Labute approximate surface area is 177 Å². The van der Waals surface area contributed by atoms with Crippen LogP contribution in [-0.2, 0) is 6.54 Å². The summed E-state index contributed by atoms with van der Waals surface area (Å²) in [6, 6.07) is 12.7. The van der Waals surface area contributed by atoms with Crippen molar-refractivity contribution in [3.05, 3.63) is 69.7 Å². The number of benzene rings is 2. The van der Waals surface area contributed by atoms with E-state index in [1.54, 1.807) is 24.3 Å². The molecule has 1 aliphatic rings. The van der Waals surface area contributed by atoms with Crippen LogP contribution < -0.4 is 5.32 Å². The summed E-state index contributed by atoms with van der Waals surface area (Å²) in [5.74, 6) is -0.118. The van der Waals surface area contributed by atoms with Crippen LogP contribution in [0.5, 0.6) is 0 Å². The third-order valence-corrected chi connectivity index (χ3v) is 5.74. The molecular weight excluding hydrogens is 386 g/mol. The molecule has 2 amide bonds. The van der Waals surface area contributed by atoms with E-state index in [4.69, 9.17) is 11.6 Å². The van der Waals surface area contributed by atoms with Gasteiger partial charge in [0.25, 0.3) is 11.8 Å². The van der Waals surface area contributed by atoms with Gasteiger partial charge in [-0.25, -0.2) is 0 Å². The molecule has 1 N–H and O–H groups in total. The molecule has 0 aromatic heterocycles. The quantitative estimate of drug-likeness (QED) is 0.784. The zero-order chi connectivity index (χ0) is 21.0. The standard InChI is InChI=1S/C23H28ClN3O2/c1-4-26(3)14-19-6-5-18(13-16(19)2)23(29)27-12-11-21(15-27)25-22(28)17-7-9-20(24)10-8-17/h5-10,13,21H,4,11-12,14-15H2,1-3H3,(H,25,28)/t21-/m1/s1. The second-order valence-corrected chi connectivity index (χ2v) is 8.13. The minimum atomic E-state index is -0.138. The molecule has 0 saturated carbocycles. The van der Waals surface area contributed by atoms with Crippen LogP contribution in [0.4, 0.5) is 0 Å². The molecular formula is C23H28ClN3O2. The van der Waals surface area contributed by atoms with Crippen LogP contribution in [0.15, 0.2) is 42.5 Å². The normalized spacial score (nSPS) is 16.3. The molecule has 0 radical (unpaired) electrons. The number of amides is 2. The minimum absolute atomic E-state index is 0.0201. The van der Waals surface area contributed by atoms with E-state index in [0.717, 1.165) is 25.1 Å². The summed E-state index contributed by atoms with van der Waals surface area (Å²) in [5, 5.41) is 3.62. The van der Waals surface area contributed by atoms with E-state index in [2.05, 4.69) is 31.1 Å². The maximum Gasteiger partial charge on any atom is 0.253 e. The SMILES string of the molecule is CCN(C)Cc1ccc(C(=O)N2CC[C@@H](NC(=O)c3ccc(Cl)cc3)C2)cc1C. The molecule has 154 valence electrons. The Morgan fingerprint density at radius 3 is 2.52 bits per heavy atom.